The van der Waals surface area contributed by atoms with Crippen LogP contribution in [0.4, 0.5) is 0 Å². The van der Waals surface area contributed by atoms with Crippen molar-refractivity contribution in [2.75, 3.05) is 0 Å². The molecule has 0 bridgehead atoms. The van der Waals surface area contributed by atoms with Gasteiger partial charge in [-0.1, -0.05) is 20.3 Å². The van der Waals surface area contributed by atoms with E-state index in [0.29, 0.717) is 0 Å². The zero-order chi connectivity index (χ0) is 17.4. The van der Waals surface area contributed by atoms with Gasteiger partial charge >= 0.3 is 0 Å². The molecule has 0 aromatic heterocycles. The summed E-state index contributed by atoms with van der Waals surface area (Å²) in [6, 6.07) is 0. The van der Waals surface area contributed by atoms with Crippen LogP contribution in [0.1, 0.15) is 68.2 Å². The Labute approximate surface area is 157 Å². The second kappa shape index (κ2) is 21.2. The Morgan fingerprint density at radius 2 is 1.18 bits per heavy atom. The molecule has 0 saturated heterocycles. The van der Waals surface area contributed by atoms with Crippen LogP contribution < -0.4 is 0 Å². The van der Waals surface area contributed by atoms with Crippen LogP contribution in [-0.4, -0.2) is 33.6 Å². The molecule has 1 aliphatic rings. The predicted molar refractivity (Wildman–Crippen MR) is 92.0 cm³/mol. The monoisotopic (exact) mass is 391 g/mol. The Bertz CT molecular complexity index is 235. The van der Waals surface area contributed by atoms with Crippen molar-refractivity contribution < 1.29 is 41.5 Å². The molecule has 0 aromatic rings. The van der Waals surface area contributed by atoms with E-state index in [1.54, 1.807) is 41.5 Å². The van der Waals surface area contributed by atoms with Gasteiger partial charge in [0.15, 0.2) is 0 Å². The van der Waals surface area contributed by atoms with Gasteiger partial charge in [-0.15, -0.1) is 6.42 Å². The van der Waals surface area contributed by atoms with E-state index in [1.165, 1.54) is 12.0 Å². The molecule has 3 nitrogen and oxygen atoms in total. The standard InChI is InChI=1S/C9H13.3C3H8O.Zr/c1-8(2)7-9-5-3-4-6-9;3*1-3(2)4;/h3,5,8H,4,7H2,1-2H3;3*3-4H,1-2H3;/q-1;;;;. The summed E-state index contributed by atoms with van der Waals surface area (Å²) < 4.78 is 0. The van der Waals surface area contributed by atoms with Crippen LogP contribution in [-0.2, 0) is 26.2 Å². The zero-order valence-corrected chi connectivity index (χ0v) is 18.2. The van der Waals surface area contributed by atoms with E-state index >= 15 is 0 Å². The molecule has 0 radical (unpaired) electrons. The van der Waals surface area contributed by atoms with Crippen molar-refractivity contribution in [1.82, 2.24) is 0 Å². The summed E-state index contributed by atoms with van der Waals surface area (Å²) in [5, 5.41) is 24.2. The fraction of sp³-hybridized carbons (Fsp3) is 0.778. The van der Waals surface area contributed by atoms with E-state index in [-0.39, 0.29) is 44.5 Å². The van der Waals surface area contributed by atoms with Crippen LogP contribution in [0.25, 0.3) is 0 Å². The Hall–Kier alpha value is 0.243. The SMILES string of the molecule is CC(C)CC1=[C-]CC=C1.CC(C)O.CC(C)O.CC(C)O.[Zr]. The molecular weight excluding hydrogens is 355 g/mol. The first-order chi connectivity index (χ1) is 9.48. The summed E-state index contributed by atoms with van der Waals surface area (Å²) in [7, 11) is 0. The number of hydrogen-bond donors (Lipinski definition) is 3. The summed E-state index contributed by atoms with van der Waals surface area (Å²) in [6.45, 7) is 14.8. The van der Waals surface area contributed by atoms with E-state index in [9.17, 15) is 0 Å². The van der Waals surface area contributed by atoms with Crippen molar-refractivity contribution in [1.29, 1.82) is 0 Å². The Morgan fingerprint density at radius 1 is 0.864 bits per heavy atom. The van der Waals surface area contributed by atoms with Crippen LogP contribution in [0.3, 0.4) is 0 Å². The summed E-state index contributed by atoms with van der Waals surface area (Å²) in [5.74, 6) is 0.773. The predicted octanol–water partition coefficient (Wildman–Crippen LogP) is 3.88. The third kappa shape index (κ3) is 59.3. The van der Waals surface area contributed by atoms with E-state index in [4.69, 9.17) is 15.3 Å². The molecule has 0 unspecified atom stereocenters. The number of hydrogen-bond acceptors (Lipinski definition) is 3. The molecule has 0 heterocycles. The first kappa shape index (κ1) is 30.2. The van der Waals surface area contributed by atoms with Gasteiger partial charge in [0.25, 0.3) is 0 Å². The van der Waals surface area contributed by atoms with E-state index in [2.05, 4.69) is 32.1 Å². The quantitative estimate of drug-likeness (QED) is 0.625. The molecule has 0 amide bonds. The normalized spacial score (nSPS) is 11.9. The molecule has 1 aliphatic carbocycles. The van der Waals surface area contributed by atoms with Gasteiger partial charge < -0.3 is 15.3 Å². The van der Waals surface area contributed by atoms with E-state index in [0.717, 1.165) is 12.3 Å². The molecule has 0 aromatic carbocycles. The molecule has 132 valence electrons. The fourth-order valence-electron chi connectivity index (χ4n) is 1.03. The zero-order valence-electron chi connectivity index (χ0n) is 15.7. The molecule has 0 saturated carbocycles. The van der Waals surface area contributed by atoms with Gasteiger partial charge in [0.2, 0.25) is 0 Å². The summed E-state index contributed by atoms with van der Waals surface area (Å²) in [4.78, 5) is 0. The van der Waals surface area contributed by atoms with Crippen LogP contribution in [0.2, 0.25) is 0 Å². The minimum absolute atomic E-state index is 0. The Morgan fingerprint density at radius 3 is 1.36 bits per heavy atom. The van der Waals surface area contributed by atoms with Gasteiger partial charge in [-0.05, 0) is 47.5 Å². The van der Waals surface area contributed by atoms with Gasteiger partial charge in [0.05, 0.1) is 0 Å². The number of rotatable bonds is 2. The van der Waals surface area contributed by atoms with Gasteiger partial charge in [0, 0.05) is 44.5 Å². The van der Waals surface area contributed by atoms with Crippen molar-refractivity contribution in [2.45, 2.75) is 86.5 Å². The topological polar surface area (TPSA) is 60.7 Å². The second-order valence-electron chi connectivity index (χ2n) is 6.19. The van der Waals surface area contributed by atoms with E-state index in [1.807, 2.05) is 0 Å². The van der Waals surface area contributed by atoms with Crippen molar-refractivity contribution in [3.8, 4) is 0 Å². The van der Waals surface area contributed by atoms with Gasteiger partial charge in [-0.3, -0.25) is 6.08 Å². The second-order valence-corrected chi connectivity index (χ2v) is 6.19. The molecule has 1 rings (SSSR count). The maximum Gasteiger partial charge on any atom is 0.0483 e. The van der Waals surface area contributed by atoms with Crippen LogP contribution in [0.5, 0.6) is 0 Å². The van der Waals surface area contributed by atoms with Gasteiger partial charge in [-0.25, -0.2) is 11.6 Å². The number of allylic oxidation sites excluding steroid dienone is 4. The largest absolute Gasteiger partial charge is 0.394 e. The molecule has 4 heteroatoms. The summed E-state index contributed by atoms with van der Waals surface area (Å²) in [6.07, 6.45) is 9.36. The maximum absolute atomic E-state index is 8.06. The first-order valence-corrected chi connectivity index (χ1v) is 7.79. The van der Waals surface area contributed by atoms with Crippen LogP contribution in [0.15, 0.2) is 17.7 Å². The van der Waals surface area contributed by atoms with Gasteiger partial charge in [0.1, 0.15) is 0 Å². The van der Waals surface area contributed by atoms with Crippen LogP contribution in [0, 0.1) is 12.0 Å². The molecule has 0 fully saturated rings. The van der Waals surface area contributed by atoms with Crippen LogP contribution >= 0.6 is 0 Å². The van der Waals surface area contributed by atoms with Crippen molar-refractivity contribution in [3.05, 3.63) is 23.8 Å². The first-order valence-electron chi connectivity index (χ1n) is 7.79. The minimum Gasteiger partial charge on any atom is -0.394 e. The Balaban J connectivity index is -0.000000107. The van der Waals surface area contributed by atoms with Gasteiger partial charge in [-0.2, -0.15) is 6.08 Å². The Kier molecular flexibility index (Phi) is 29.1. The van der Waals surface area contributed by atoms with E-state index < -0.39 is 0 Å². The van der Waals surface area contributed by atoms with Crippen molar-refractivity contribution >= 4 is 0 Å². The molecule has 3 N–H and O–H groups in total. The van der Waals surface area contributed by atoms with Crippen molar-refractivity contribution in [3.63, 3.8) is 0 Å². The maximum atomic E-state index is 8.06. The molecule has 0 atom stereocenters. The number of aliphatic hydroxyl groups excluding tert-OH is 3. The molecule has 22 heavy (non-hydrogen) atoms. The number of aliphatic hydroxyl groups is 3. The average molecular weight is 393 g/mol. The third-order valence-electron chi connectivity index (χ3n) is 1.39. The molecule has 0 spiro atoms. The minimum atomic E-state index is -0.167. The fourth-order valence-corrected chi connectivity index (χ4v) is 1.03. The summed E-state index contributed by atoms with van der Waals surface area (Å²) in [5.41, 5.74) is 1.39. The smallest absolute Gasteiger partial charge is 0.0483 e. The molecular formula is C18H37O3Zr-. The average Bonchev–Trinajstić information content (AvgIpc) is 2.65. The summed E-state index contributed by atoms with van der Waals surface area (Å²) >= 11 is 0. The third-order valence-corrected chi connectivity index (χ3v) is 1.39. The van der Waals surface area contributed by atoms with Crippen molar-refractivity contribution in [2.24, 2.45) is 5.92 Å². The molecule has 0 aliphatic heterocycles.